The first-order valence-corrected chi connectivity index (χ1v) is 14.2. The highest BCUT2D eigenvalue weighted by molar-refractivity contribution is 6.76. The molecule has 0 aliphatic heterocycles. The molecule has 3 aromatic rings. The molecule has 4 rings (SSSR count). The van der Waals surface area contributed by atoms with E-state index in [1.165, 1.54) is 38.1 Å². The van der Waals surface area contributed by atoms with Crippen LogP contribution in [0.4, 0.5) is 0 Å². The number of methoxy groups -OCH3 is 1. The largest absolute Gasteiger partial charge is 0.479 e. The van der Waals surface area contributed by atoms with Crippen LogP contribution in [0.1, 0.15) is 38.1 Å². The van der Waals surface area contributed by atoms with Gasteiger partial charge in [-0.2, -0.15) is 0 Å². The molecule has 0 unspecified atom stereocenters. The van der Waals surface area contributed by atoms with Crippen LogP contribution in [0.15, 0.2) is 18.5 Å². The van der Waals surface area contributed by atoms with Gasteiger partial charge in [-0.1, -0.05) is 38.9 Å². The normalized spacial score (nSPS) is 16.3. The number of ether oxygens (including phenoxy) is 2. The van der Waals surface area contributed by atoms with E-state index in [1.807, 2.05) is 6.20 Å². The second-order valence-corrected chi connectivity index (χ2v) is 14.8. The Morgan fingerprint density at radius 3 is 2.64 bits per heavy atom. The molecule has 0 bridgehead atoms. The molecular formula is C21H32N4O2Si. The predicted octanol–water partition coefficient (Wildman–Crippen LogP) is 5.21. The van der Waals surface area contributed by atoms with Crippen molar-refractivity contribution in [2.45, 2.75) is 70.6 Å². The van der Waals surface area contributed by atoms with Gasteiger partial charge in [0.2, 0.25) is 5.88 Å². The predicted molar refractivity (Wildman–Crippen MR) is 116 cm³/mol. The van der Waals surface area contributed by atoms with Crippen LogP contribution in [0.5, 0.6) is 5.88 Å². The number of hydrogen-bond donors (Lipinski definition) is 0. The molecular weight excluding hydrogens is 368 g/mol. The van der Waals surface area contributed by atoms with E-state index in [-0.39, 0.29) is 0 Å². The Morgan fingerprint density at radius 1 is 1.14 bits per heavy atom. The summed E-state index contributed by atoms with van der Waals surface area (Å²) in [6.45, 7) is 8.48. The quantitative estimate of drug-likeness (QED) is 0.403. The van der Waals surface area contributed by atoms with E-state index < -0.39 is 8.07 Å². The molecule has 1 aliphatic carbocycles. The molecule has 3 heterocycles. The van der Waals surface area contributed by atoms with Crippen molar-refractivity contribution in [1.82, 2.24) is 19.3 Å². The highest BCUT2D eigenvalue weighted by atomic mass is 28.3. The molecule has 0 radical (unpaired) electrons. The minimum atomic E-state index is -1.07. The summed E-state index contributed by atoms with van der Waals surface area (Å²) in [4.78, 5) is 4.72. The average Bonchev–Trinajstić information content (AvgIpc) is 3.26. The molecule has 0 atom stereocenters. The van der Waals surface area contributed by atoms with Crippen molar-refractivity contribution in [3.05, 3.63) is 18.5 Å². The Bertz CT molecular complexity index is 951. The van der Waals surface area contributed by atoms with Gasteiger partial charge in [-0.05, 0) is 25.0 Å². The molecule has 1 fully saturated rings. The zero-order valence-electron chi connectivity index (χ0n) is 17.6. The second-order valence-electron chi connectivity index (χ2n) is 9.14. The maximum absolute atomic E-state index is 5.96. The monoisotopic (exact) mass is 400 g/mol. The smallest absolute Gasteiger partial charge is 0.242 e. The summed E-state index contributed by atoms with van der Waals surface area (Å²) in [7, 11) is 0.616. The minimum Gasteiger partial charge on any atom is -0.479 e. The van der Waals surface area contributed by atoms with Crippen LogP contribution in [0, 0.1) is 0 Å². The van der Waals surface area contributed by atoms with Gasteiger partial charge in [0.1, 0.15) is 12.4 Å². The number of hydrogen-bond acceptors (Lipinski definition) is 4. The molecule has 0 N–H and O–H groups in total. The van der Waals surface area contributed by atoms with Crippen LogP contribution in [0.2, 0.25) is 25.7 Å². The van der Waals surface area contributed by atoms with Gasteiger partial charge in [-0.15, -0.1) is 5.10 Å². The Hall–Kier alpha value is -1.86. The van der Waals surface area contributed by atoms with Crippen molar-refractivity contribution < 1.29 is 9.47 Å². The fourth-order valence-electron chi connectivity index (χ4n) is 4.12. The van der Waals surface area contributed by atoms with E-state index >= 15 is 0 Å². The van der Waals surface area contributed by atoms with Crippen LogP contribution in [0.25, 0.3) is 21.9 Å². The molecule has 152 valence electrons. The number of rotatable bonds is 7. The minimum absolute atomic E-state index is 0.446. The third kappa shape index (κ3) is 3.82. The molecule has 6 nitrogen and oxygen atoms in total. The van der Waals surface area contributed by atoms with Gasteiger partial charge >= 0.3 is 0 Å². The van der Waals surface area contributed by atoms with Gasteiger partial charge < -0.3 is 14.0 Å². The van der Waals surface area contributed by atoms with Gasteiger partial charge in [0, 0.05) is 32.5 Å². The fraction of sp³-hybridized carbons (Fsp3) is 0.619. The highest BCUT2D eigenvalue weighted by Gasteiger charge is 2.23. The Balaban J connectivity index is 1.67. The summed E-state index contributed by atoms with van der Waals surface area (Å²) in [5.74, 6) is 0.675. The number of aromatic nitrogens is 4. The number of fused-ring (bicyclic) bond motifs is 3. The topological polar surface area (TPSA) is 54.1 Å². The van der Waals surface area contributed by atoms with Crippen molar-refractivity contribution in [3.63, 3.8) is 0 Å². The lowest BCUT2D eigenvalue weighted by Crippen LogP contribution is -2.22. The Labute approximate surface area is 167 Å². The van der Waals surface area contributed by atoms with Gasteiger partial charge in [0.15, 0.2) is 0 Å². The lowest BCUT2D eigenvalue weighted by atomic mass is 9.95. The fourth-order valence-corrected chi connectivity index (χ4v) is 4.87. The molecule has 0 saturated heterocycles. The summed E-state index contributed by atoms with van der Waals surface area (Å²) >= 11 is 0. The number of pyridine rings is 1. The summed E-state index contributed by atoms with van der Waals surface area (Å²) in [5, 5.41) is 6.94. The van der Waals surface area contributed by atoms with Crippen LogP contribution in [0.3, 0.4) is 0 Å². The lowest BCUT2D eigenvalue weighted by molar-refractivity contribution is 0.0899. The van der Waals surface area contributed by atoms with E-state index in [4.69, 9.17) is 19.6 Å². The van der Waals surface area contributed by atoms with Crippen LogP contribution >= 0.6 is 0 Å². The third-order valence-corrected chi connectivity index (χ3v) is 7.46. The summed E-state index contributed by atoms with van der Waals surface area (Å²) < 4.78 is 15.8. The molecule has 28 heavy (non-hydrogen) atoms. The van der Waals surface area contributed by atoms with E-state index in [0.717, 1.165) is 28.5 Å². The van der Waals surface area contributed by atoms with E-state index in [2.05, 4.69) is 41.2 Å². The number of nitrogens with zero attached hydrogens (tertiary/aromatic N) is 4. The van der Waals surface area contributed by atoms with E-state index in [0.29, 0.717) is 18.7 Å². The summed E-state index contributed by atoms with van der Waals surface area (Å²) in [6, 6.07) is 3.77. The Kier molecular flexibility index (Phi) is 5.47. The standard InChI is InChI=1S/C21H32N4O2Si/c1-26-21-18-14-22-20-17(10-11-24(20)15-27-12-13-28(2,3)4)19(18)25(23-21)16-8-6-5-7-9-16/h10-11,14,16H,5-9,12-13,15H2,1-4H3. The zero-order valence-corrected chi connectivity index (χ0v) is 18.6. The Morgan fingerprint density at radius 2 is 1.93 bits per heavy atom. The molecule has 0 amide bonds. The van der Waals surface area contributed by atoms with Crippen molar-refractivity contribution in [1.29, 1.82) is 0 Å². The molecule has 0 spiro atoms. The van der Waals surface area contributed by atoms with E-state index in [1.54, 1.807) is 7.11 Å². The van der Waals surface area contributed by atoms with E-state index in [9.17, 15) is 0 Å². The summed E-state index contributed by atoms with van der Waals surface area (Å²) in [6.07, 6.45) is 10.2. The SMILES string of the molecule is COc1nn(C2CCCCC2)c2c1cnc1c2ccn1COCC[Si](C)(C)C. The van der Waals surface area contributed by atoms with Crippen molar-refractivity contribution in [3.8, 4) is 5.88 Å². The van der Waals surface area contributed by atoms with Gasteiger partial charge in [-0.25, -0.2) is 4.98 Å². The van der Waals surface area contributed by atoms with Crippen molar-refractivity contribution in [2.75, 3.05) is 13.7 Å². The first kappa shape index (κ1) is 19.5. The molecule has 0 aromatic carbocycles. The van der Waals surface area contributed by atoms with Crippen LogP contribution < -0.4 is 4.74 Å². The second kappa shape index (κ2) is 7.87. The van der Waals surface area contributed by atoms with Gasteiger partial charge in [0.25, 0.3) is 0 Å². The van der Waals surface area contributed by atoms with Gasteiger partial charge in [0.05, 0.1) is 24.1 Å². The zero-order chi connectivity index (χ0) is 19.7. The first-order chi connectivity index (χ1) is 13.5. The molecule has 1 aliphatic rings. The molecule has 1 saturated carbocycles. The average molecular weight is 401 g/mol. The van der Waals surface area contributed by atoms with Gasteiger partial charge in [-0.3, -0.25) is 4.68 Å². The van der Waals surface area contributed by atoms with Crippen molar-refractivity contribution in [2.24, 2.45) is 0 Å². The maximum atomic E-state index is 5.96. The van der Waals surface area contributed by atoms with Crippen molar-refractivity contribution >= 4 is 30.0 Å². The third-order valence-electron chi connectivity index (χ3n) is 5.76. The maximum Gasteiger partial charge on any atom is 0.242 e. The first-order valence-electron chi connectivity index (χ1n) is 10.5. The molecule has 3 aromatic heterocycles. The molecule has 7 heteroatoms. The van der Waals surface area contributed by atoms with Crippen LogP contribution in [-0.2, 0) is 11.5 Å². The summed E-state index contributed by atoms with van der Waals surface area (Å²) in [5.41, 5.74) is 2.11. The van der Waals surface area contributed by atoms with Crippen LogP contribution in [-0.4, -0.2) is 41.1 Å². The highest BCUT2D eigenvalue weighted by Crippen LogP contribution is 2.36. The lowest BCUT2D eigenvalue weighted by Gasteiger charge is -2.22.